The van der Waals surface area contributed by atoms with Gasteiger partial charge in [-0.3, -0.25) is 24.0 Å². The molecule has 0 atom stereocenters. The topological polar surface area (TPSA) is 169 Å². The fourth-order valence-corrected chi connectivity index (χ4v) is 10.4. The molecule has 5 aromatic carbocycles. The van der Waals surface area contributed by atoms with E-state index in [2.05, 4.69) is 174 Å². The standard InChI is InChI=1S/C16H14O2.C9H10O2.C9H18O2.C9H12O.C8H10.C7H18Si.C6H12O2.C5H8O2.2C5H12.C3H6O.C3H8.2C2H6/c1-11(17)18-10-16-14-8-4-2-6-12(14)13-7-3-5-9-15(13)16;1-8(10)11-7-9-5-3-2-4-6-9;1-8(2)6-4-5-7-11-9(3)10;1-2-8-3-5-9(7-10)6-4-8;1-2-8-6-4-3-5-7-8;1-7(2)6-8(3,4)5;1-5(2)4-8-6(3)7;1-3-4-7-5(2)6;1-4-5(2)3;1-3-5-4-2;1-3(2)4;1-3-2;2*1-2/h2-9,16H,10H2,1H3;2-6H,7H2,1H3;8H,4-7H2,1-3H3;3-6,10H,2,7H2,1H3;3-7H,2H2,1H3;7H,6H2,1-5H3;5H,4H2,1-3H3;3H,1,4H2,2H3;5H,4H2,1-3H3;3-5H2,1-2H3;1-2H3;3H2,1-2H3;2*1-2H3. The average Bonchev–Trinajstić information content (AvgIpc) is 1.62. The number of hydrogen-bond donors (Lipinski definition) is 1. The highest BCUT2D eigenvalue weighted by molar-refractivity contribution is 6.76. The van der Waals surface area contributed by atoms with Crippen molar-refractivity contribution in [3.63, 3.8) is 0 Å². The average molecular weight is 1440 g/mol. The number of hydrogen-bond acceptors (Lipinski definition) is 12. The van der Waals surface area contributed by atoms with Crippen LogP contribution >= 0.6 is 0 Å². The number of aliphatic hydroxyl groups excluding tert-OH is 1. The first-order valence-corrected chi connectivity index (χ1v) is 41.5. The van der Waals surface area contributed by atoms with Crippen molar-refractivity contribution in [1.82, 2.24) is 0 Å². The number of carbonyl (C=O) groups is 6. The molecule has 12 nitrogen and oxygen atoms in total. The molecule has 5 aromatic rings. The van der Waals surface area contributed by atoms with Gasteiger partial charge in [-0.2, -0.15) is 0 Å². The summed E-state index contributed by atoms with van der Waals surface area (Å²) in [6, 6.07) is 46.2. The predicted molar refractivity (Wildman–Crippen MR) is 442 cm³/mol. The minimum atomic E-state index is -0.720. The highest BCUT2D eigenvalue weighted by Crippen LogP contribution is 2.44. The number of ether oxygens (including phenoxy) is 5. The highest BCUT2D eigenvalue weighted by atomic mass is 28.3. The van der Waals surface area contributed by atoms with Crippen LogP contribution in [0.4, 0.5) is 0 Å². The van der Waals surface area contributed by atoms with Gasteiger partial charge in [-0.05, 0) is 108 Å². The highest BCUT2D eigenvalue weighted by Gasteiger charge is 2.28. The number of Topliss-reactive ketones (excluding diaryl/α,β-unsaturated/α-hetero) is 1. The molecule has 1 N–H and O–H groups in total. The Morgan fingerprint density at radius 1 is 0.451 bits per heavy atom. The minimum absolute atomic E-state index is 0.143. The van der Waals surface area contributed by atoms with Crippen LogP contribution in [-0.4, -0.2) is 75.2 Å². The van der Waals surface area contributed by atoms with Gasteiger partial charge in [-0.15, -0.1) is 0 Å². The lowest BCUT2D eigenvalue weighted by Gasteiger charge is -2.17. The number of fused-ring (bicyclic) bond motifs is 3. The number of aliphatic hydroxyl groups is 1. The number of unbranched alkanes of at least 4 members (excludes halogenated alkanes) is 3. The largest absolute Gasteiger partial charge is 0.466 e. The fourth-order valence-electron chi connectivity index (χ4n) is 7.90. The van der Waals surface area contributed by atoms with Crippen LogP contribution in [0, 0.1) is 23.7 Å². The third-order valence-electron chi connectivity index (χ3n) is 12.6. The third-order valence-corrected chi connectivity index (χ3v) is 14.7. The molecule has 0 saturated carbocycles. The van der Waals surface area contributed by atoms with Gasteiger partial charge in [0.2, 0.25) is 0 Å². The van der Waals surface area contributed by atoms with Gasteiger partial charge in [0.15, 0.2) is 0 Å². The van der Waals surface area contributed by atoms with Crippen molar-refractivity contribution in [3.05, 3.63) is 179 Å². The Morgan fingerprint density at radius 3 is 1.08 bits per heavy atom. The lowest BCUT2D eigenvalue weighted by Crippen LogP contribution is -2.21. The maximum Gasteiger partial charge on any atom is 0.302 e. The normalized spacial score (nSPS) is 9.75. The smallest absolute Gasteiger partial charge is 0.302 e. The SMILES string of the molecule is C=CCOC(C)=O.CC.CC.CC(=O)OCC(C)C.CC(=O)OCC1c2ccccc2-c2ccccc21.CC(=O)OCCCCC(C)C.CC(=O)OCc1ccccc1.CC(C)=O.CC(C)C[Si](C)(C)C.CCC.CCC(C)C.CCCCC.CCc1ccc(CO)cc1.CCc1ccccc1. The van der Waals surface area contributed by atoms with Crippen LogP contribution in [-0.2, 0) is 78.5 Å². The van der Waals surface area contributed by atoms with Gasteiger partial charge in [-0.1, -0.05) is 342 Å². The van der Waals surface area contributed by atoms with Crippen LogP contribution in [0.3, 0.4) is 0 Å². The quantitative estimate of drug-likeness (QED) is 0.0243. The zero-order valence-corrected chi connectivity index (χ0v) is 71.3. The van der Waals surface area contributed by atoms with Crippen LogP contribution in [0.2, 0.25) is 25.7 Å². The summed E-state index contributed by atoms with van der Waals surface area (Å²) in [6.07, 6.45) is 13.7. The summed E-state index contributed by atoms with van der Waals surface area (Å²) in [5, 5.41) is 8.70. The van der Waals surface area contributed by atoms with Crippen molar-refractivity contribution >= 4 is 43.7 Å². The molecule has 1 aliphatic carbocycles. The maximum absolute atomic E-state index is 11.0. The number of carbonyl (C=O) groups excluding carboxylic acids is 6. The van der Waals surface area contributed by atoms with Crippen LogP contribution < -0.4 is 0 Å². The van der Waals surface area contributed by atoms with E-state index in [1.165, 1.54) is 132 Å². The first kappa shape index (κ1) is 111. The molecule has 102 heavy (non-hydrogen) atoms. The molecule has 13 heteroatoms. The van der Waals surface area contributed by atoms with Gasteiger partial charge in [0.05, 0.1) is 19.8 Å². The Balaban J connectivity index is -0.000000161. The van der Waals surface area contributed by atoms with Crippen molar-refractivity contribution in [2.45, 2.75) is 289 Å². The van der Waals surface area contributed by atoms with Crippen LogP contribution in [0.25, 0.3) is 11.1 Å². The van der Waals surface area contributed by atoms with Crippen molar-refractivity contribution in [2.75, 3.05) is 26.4 Å². The van der Waals surface area contributed by atoms with Crippen LogP contribution in [0.15, 0.2) is 146 Å². The molecule has 0 aromatic heterocycles. The second-order valence-corrected chi connectivity index (χ2v) is 31.9. The Kier molecular flexibility index (Phi) is 86.7. The number of esters is 5. The number of ketones is 1. The lowest BCUT2D eigenvalue weighted by atomic mass is 9.98. The van der Waals surface area contributed by atoms with Gasteiger partial charge >= 0.3 is 29.8 Å². The summed E-state index contributed by atoms with van der Waals surface area (Å²) in [4.78, 5) is 61.2. The van der Waals surface area contributed by atoms with E-state index >= 15 is 0 Å². The zero-order chi connectivity index (χ0) is 80.3. The molecule has 0 radical (unpaired) electrons. The van der Waals surface area contributed by atoms with Gasteiger partial charge in [-0.25, -0.2) is 0 Å². The van der Waals surface area contributed by atoms with E-state index in [9.17, 15) is 28.8 Å². The van der Waals surface area contributed by atoms with E-state index in [0.29, 0.717) is 39.0 Å². The zero-order valence-electron chi connectivity index (χ0n) is 70.3. The second kappa shape index (κ2) is 79.7. The van der Waals surface area contributed by atoms with E-state index in [1.54, 1.807) is 0 Å². The molecule has 0 fully saturated rings. The molecule has 0 heterocycles. The van der Waals surface area contributed by atoms with Crippen molar-refractivity contribution in [3.8, 4) is 11.1 Å². The fraction of sp³-hybridized carbons (Fsp3) is 0.573. The van der Waals surface area contributed by atoms with Gasteiger partial charge in [0.1, 0.15) is 25.6 Å². The van der Waals surface area contributed by atoms with Gasteiger partial charge in [0, 0.05) is 48.6 Å². The number of aryl methyl sites for hydroxylation is 2. The van der Waals surface area contributed by atoms with E-state index < -0.39 is 8.07 Å². The summed E-state index contributed by atoms with van der Waals surface area (Å²) in [5.74, 6) is 2.23. The molecule has 0 unspecified atom stereocenters. The maximum atomic E-state index is 11.0. The summed E-state index contributed by atoms with van der Waals surface area (Å²) in [7, 11) is -0.720. The molecule has 6 rings (SSSR count). The van der Waals surface area contributed by atoms with E-state index in [1.807, 2.05) is 126 Å². The number of benzene rings is 5. The Bertz CT molecular complexity index is 2600. The Morgan fingerprint density at radius 2 is 0.814 bits per heavy atom. The first-order valence-electron chi connectivity index (χ1n) is 37.8. The second-order valence-electron chi connectivity index (χ2n) is 26.4. The summed E-state index contributed by atoms with van der Waals surface area (Å²) in [5.41, 5.74) is 9.74. The van der Waals surface area contributed by atoms with Crippen LogP contribution in [0.5, 0.6) is 0 Å². The van der Waals surface area contributed by atoms with Crippen LogP contribution in [0.1, 0.15) is 271 Å². The molecule has 0 bridgehead atoms. The molecule has 0 spiro atoms. The summed E-state index contributed by atoms with van der Waals surface area (Å²) < 4.78 is 23.9. The van der Waals surface area contributed by atoms with Crippen molar-refractivity contribution < 1.29 is 57.6 Å². The Labute approximate surface area is 627 Å². The Hall–Kier alpha value is -6.96. The lowest BCUT2D eigenvalue weighted by molar-refractivity contribution is -0.143. The van der Waals surface area contributed by atoms with E-state index in [4.69, 9.17) is 19.3 Å². The number of rotatable bonds is 21. The summed E-state index contributed by atoms with van der Waals surface area (Å²) >= 11 is 0. The van der Waals surface area contributed by atoms with Gasteiger partial charge < -0.3 is 33.6 Å². The molecule has 0 amide bonds. The molecular formula is C89H152O12Si. The van der Waals surface area contributed by atoms with Crippen molar-refractivity contribution in [1.29, 1.82) is 0 Å². The molecule has 0 aliphatic heterocycles. The predicted octanol–water partition coefficient (Wildman–Crippen LogP) is 24.7. The minimum Gasteiger partial charge on any atom is -0.466 e. The van der Waals surface area contributed by atoms with E-state index in [0.717, 1.165) is 54.6 Å². The first-order chi connectivity index (χ1) is 48.1. The third kappa shape index (κ3) is 87.3. The summed E-state index contributed by atoms with van der Waals surface area (Å²) in [6.45, 7) is 63.8. The monoisotopic (exact) mass is 1440 g/mol. The molecule has 1 aliphatic rings. The van der Waals surface area contributed by atoms with Gasteiger partial charge in [0.25, 0.3) is 0 Å². The molecular weight excluding hydrogens is 1290 g/mol. The molecule has 584 valence electrons. The molecule has 0 saturated heterocycles. The van der Waals surface area contributed by atoms with E-state index in [-0.39, 0.29) is 48.2 Å². The van der Waals surface area contributed by atoms with Crippen molar-refractivity contribution in [2.24, 2.45) is 23.7 Å².